The van der Waals surface area contributed by atoms with Crippen LogP contribution in [0.1, 0.15) is 40.0 Å². The average molecular weight is 289 g/mol. The fourth-order valence-corrected chi connectivity index (χ4v) is 8.58. The summed E-state index contributed by atoms with van der Waals surface area (Å²) in [6.45, 7) is 14.5. The molecule has 3 nitrogen and oxygen atoms in total. The Bertz CT molecular complexity index is 261. The highest BCUT2D eigenvalue weighted by atomic mass is 28.5. The number of hydrogen-bond donors (Lipinski definition) is 1. The van der Waals surface area contributed by atoms with E-state index in [1.54, 1.807) is 5.70 Å². The molecule has 2 atom stereocenters. The molecule has 0 saturated heterocycles. The zero-order valence-corrected chi connectivity index (χ0v) is 14.1. The molecule has 0 aromatic carbocycles. The second kappa shape index (κ2) is 8.82. The van der Waals surface area contributed by atoms with Gasteiger partial charge in [0.15, 0.2) is 0 Å². The van der Waals surface area contributed by atoms with Gasteiger partial charge < -0.3 is 13.3 Å². The van der Waals surface area contributed by atoms with E-state index in [1.807, 2.05) is 12.6 Å². The molecule has 0 aliphatic rings. The van der Waals surface area contributed by atoms with Gasteiger partial charge in [-0.1, -0.05) is 45.0 Å². The van der Waals surface area contributed by atoms with E-state index in [0.29, 0.717) is 12.7 Å². The van der Waals surface area contributed by atoms with Crippen molar-refractivity contribution >= 4 is 17.1 Å². The van der Waals surface area contributed by atoms with E-state index in [9.17, 15) is 4.80 Å². The van der Waals surface area contributed by atoms with Crippen molar-refractivity contribution in [1.82, 2.24) is 0 Å². The van der Waals surface area contributed by atoms with Gasteiger partial charge in [-0.3, -0.25) is 0 Å². The molecule has 5 heteroatoms. The summed E-state index contributed by atoms with van der Waals surface area (Å²) in [4.78, 5) is 10.5. The zero-order valence-electron chi connectivity index (χ0n) is 12.1. The fraction of sp³-hybridized carbons (Fsp3) is 0.692. The first-order valence-corrected chi connectivity index (χ1v) is 11.1. The highest BCUT2D eigenvalue weighted by Gasteiger charge is 2.43. The molecule has 106 valence electrons. The normalized spacial score (nSPS) is 17.8. The SMILES string of the molecule is C=C[Si](O)(CCC)O[Si](C=C)(CCC)OCCC. The molecule has 0 saturated carbocycles. The van der Waals surface area contributed by atoms with Gasteiger partial charge in [0.2, 0.25) is 0 Å². The number of rotatable bonds is 11. The Hall–Kier alpha value is -0.206. The van der Waals surface area contributed by atoms with Gasteiger partial charge in [0.25, 0.3) is 0 Å². The van der Waals surface area contributed by atoms with Crippen molar-refractivity contribution in [2.24, 2.45) is 0 Å². The molecule has 0 aromatic heterocycles. The molecule has 0 amide bonds. The Morgan fingerprint density at radius 1 is 1.00 bits per heavy atom. The predicted octanol–water partition coefficient (Wildman–Crippen LogP) is 3.58. The van der Waals surface area contributed by atoms with Gasteiger partial charge in [0.05, 0.1) is 0 Å². The van der Waals surface area contributed by atoms with Crippen molar-refractivity contribution in [3.8, 4) is 0 Å². The molecule has 0 spiro atoms. The van der Waals surface area contributed by atoms with E-state index in [-0.39, 0.29) is 0 Å². The first kappa shape index (κ1) is 17.8. The van der Waals surface area contributed by atoms with Gasteiger partial charge in [-0.2, -0.15) is 0 Å². The van der Waals surface area contributed by atoms with Crippen LogP contribution in [0.15, 0.2) is 24.6 Å². The van der Waals surface area contributed by atoms with Gasteiger partial charge in [0, 0.05) is 6.61 Å². The molecule has 0 aliphatic carbocycles. The standard InChI is InChI=1S/C13H28O3Si2/c1-6-11-15-18(10-5,13-8-3)16-17(14,9-4)12-7-2/h9-10,14H,4-8,11-13H2,1-3H3. The smallest absolute Gasteiger partial charge is 0.355 e. The van der Waals surface area contributed by atoms with Crippen LogP contribution >= 0.6 is 0 Å². The summed E-state index contributed by atoms with van der Waals surface area (Å²) in [5.74, 6) is 0. The molecular weight excluding hydrogens is 260 g/mol. The molecule has 0 aromatic rings. The highest BCUT2D eigenvalue weighted by molar-refractivity contribution is 6.85. The van der Waals surface area contributed by atoms with Crippen molar-refractivity contribution in [1.29, 1.82) is 0 Å². The molecular formula is C13H28O3Si2. The first-order valence-electron chi connectivity index (χ1n) is 6.85. The summed E-state index contributed by atoms with van der Waals surface area (Å²) in [7, 11) is -5.32. The minimum absolute atomic E-state index is 0.659. The van der Waals surface area contributed by atoms with Crippen molar-refractivity contribution in [2.45, 2.75) is 52.1 Å². The Balaban J connectivity index is 4.93. The van der Waals surface area contributed by atoms with E-state index in [4.69, 9.17) is 8.54 Å². The molecule has 0 radical (unpaired) electrons. The maximum atomic E-state index is 10.5. The first-order chi connectivity index (χ1) is 8.51. The van der Waals surface area contributed by atoms with Gasteiger partial charge >= 0.3 is 17.1 Å². The van der Waals surface area contributed by atoms with Crippen LogP contribution in [-0.2, 0) is 8.54 Å². The second-order valence-electron chi connectivity index (χ2n) is 4.52. The topological polar surface area (TPSA) is 38.7 Å². The summed E-state index contributed by atoms with van der Waals surface area (Å²) in [6, 6.07) is 1.50. The van der Waals surface area contributed by atoms with E-state index < -0.39 is 17.1 Å². The fourth-order valence-electron chi connectivity index (χ4n) is 1.83. The van der Waals surface area contributed by atoms with Crippen LogP contribution in [0, 0.1) is 0 Å². The minimum Gasteiger partial charge on any atom is -0.408 e. The molecule has 18 heavy (non-hydrogen) atoms. The maximum Gasteiger partial charge on any atom is 0.355 e. The van der Waals surface area contributed by atoms with E-state index in [2.05, 4.69) is 27.0 Å². The van der Waals surface area contributed by atoms with Gasteiger partial charge in [-0.15, -0.1) is 13.2 Å². The molecule has 0 rings (SSSR count). The quantitative estimate of drug-likeness (QED) is 0.591. The van der Waals surface area contributed by atoms with E-state index in [1.165, 1.54) is 0 Å². The van der Waals surface area contributed by atoms with Crippen LogP contribution in [0.2, 0.25) is 12.1 Å². The van der Waals surface area contributed by atoms with Crippen LogP contribution in [0.25, 0.3) is 0 Å². The number of hydrogen-bond acceptors (Lipinski definition) is 3. The Morgan fingerprint density at radius 3 is 2.00 bits per heavy atom. The predicted molar refractivity (Wildman–Crippen MR) is 81.6 cm³/mol. The summed E-state index contributed by atoms with van der Waals surface area (Å²) in [6.07, 6.45) is 2.80. The zero-order chi connectivity index (χ0) is 14.1. The molecule has 0 bridgehead atoms. The largest absolute Gasteiger partial charge is 0.408 e. The Labute approximate surface area is 114 Å². The second-order valence-corrected chi connectivity index (χ2v) is 10.8. The van der Waals surface area contributed by atoms with Crippen LogP contribution in [0.5, 0.6) is 0 Å². The van der Waals surface area contributed by atoms with Gasteiger partial charge in [0.1, 0.15) is 0 Å². The molecule has 0 heterocycles. The van der Waals surface area contributed by atoms with Crippen molar-refractivity contribution < 1.29 is 13.3 Å². The van der Waals surface area contributed by atoms with Gasteiger partial charge in [-0.05, 0) is 18.5 Å². The molecule has 1 N–H and O–H groups in total. The monoisotopic (exact) mass is 288 g/mol. The molecule has 0 aliphatic heterocycles. The highest BCUT2D eigenvalue weighted by Crippen LogP contribution is 2.25. The Morgan fingerprint density at radius 2 is 1.61 bits per heavy atom. The van der Waals surface area contributed by atoms with Crippen LogP contribution in [0.4, 0.5) is 0 Å². The maximum absolute atomic E-state index is 10.5. The summed E-state index contributed by atoms with van der Waals surface area (Å²) in [5, 5.41) is 0. The third kappa shape index (κ3) is 5.62. The third-order valence-electron chi connectivity index (χ3n) is 2.74. The summed E-state index contributed by atoms with van der Waals surface area (Å²) in [5.41, 5.74) is 3.41. The lowest BCUT2D eigenvalue weighted by atomic mass is 10.5. The molecule has 0 fully saturated rings. The summed E-state index contributed by atoms with van der Waals surface area (Å²) >= 11 is 0. The average Bonchev–Trinajstić information content (AvgIpc) is 2.36. The van der Waals surface area contributed by atoms with E-state index in [0.717, 1.165) is 25.3 Å². The molecule has 2 unspecified atom stereocenters. The van der Waals surface area contributed by atoms with E-state index >= 15 is 0 Å². The lowest BCUT2D eigenvalue weighted by Crippen LogP contribution is -2.52. The lowest BCUT2D eigenvalue weighted by molar-refractivity contribution is 0.226. The minimum atomic E-state index is -2.84. The summed E-state index contributed by atoms with van der Waals surface area (Å²) < 4.78 is 12.0. The van der Waals surface area contributed by atoms with Crippen LogP contribution < -0.4 is 0 Å². The van der Waals surface area contributed by atoms with Crippen molar-refractivity contribution in [3.05, 3.63) is 24.6 Å². The van der Waals surface area contributed by atoms with Crippen molar-refractivity contribution in [3.63, 3.8) is 0 Å². The van der Waals surface area contributed by atoms with Gasteiger partial charge in [-0.25, -0.2) is 0 Å². The van der Waals surface area contributed by atoms with Crippen LogP contribution in [-0.4, -0.2) is 28.5 Å². The third-order valence-corrected chi connectivity index (χ3v) is 9.90. The van der Waals surface area contributed by atoms with Crippen LogP contribution in [0.3, 0.4) is 0 Å². The van der Waals surface area contributed by atoms with Crippen molar-refractivity contribution in [2.75, 3.05) is 6.61 Å². The lowest BCUT2D eigenvalue weighted by Gasteiger charge is -2.34. The Kier molecular flexibility index (Phi) is 8.72.